The minimum absolute atomic E-state index is 0.956. The molecule has 2 N–H and O–H groups in total. The molecule has 0 fully saturated rings. The summed E-state index contributed by atoms with van der Waals surface area (Å²) in [6.07, 6.45) is 10.5. The average molecular weight is 1320 g/mol. The minimum Gasteiger partial charge on any atom is -0.473 e. The third-order valence-electron chi connectivity index (χ3n) is 8.86. The van der Waals surface area contributed by atoms with Gasteiger partial charge in [0, 0.05) is 34.1 Å². The molecule has 0 bridgehead atoms. The van der Waals surface area contributed by atoms with Gasteiger partial charge in [-0.2, -0.15) is 16.4 Å². The van der Waals surface area contributed by atoms with Crippen molar-refractivity contribution in [3.05, 3.63) is 279 Å². The number of rotatable bonds is 0. The van der Waals surface area contributed by atoms with Gasteiger partial charge >= 0.3 is 0 Å². The van der Waals surface area contributed by atoms with Crippen LogP contribution in [0.2, 0.25) is 0 Å². The first kappa shape index (κ1) is 111. The number of pyridine rings is 1. The zero-order chi connectivity index (χ0) is 75.3. The number of furan rings is 2. The highest BCUT2D eigenvalue weighted by Gasteiger charge is 1.91. The van der Waals surface area contributed by atoms with E-state index in [0.717, 1.165) is 27.4 Å². The van der Waals surface area contributed by atoms with Gasteiger partial charge in [-0.05, 0) is 81.5 Å². The van der Waals surface area contributed by atoms with E-state index in [1.165, 1.54) is 27.1 Å². The molecule has 13 aromatic rings. The molecule has 0 aliphatic carbocycles. The van der Waals surface area contributed by atoms with E-state index >= 15 is 0 Å². The molecule has 6 nitrogen and oxygen atoms in total. The minimum atomic E-state index is 0.956. The van der Waals surface area contributed by atoms with Crippen LogP contribution in [-0.2, 0) is 0 Å². The number of nitrogens with zero attached hydrogens (tertiary/aromatic N) is 2. The van der Waals surface area contributed by atoms with Gasteiger partial charge in [0.05, 0.1) is 36.0 Å². The van der Waals surface area contributed by atoms with Crippen LogP contribution in [0.25, 0.3) is 54.5 Å². The fraction of sp³-hybridized carbons (Fsp3) is 0.364. The van der Waals surface area contributed by atoms with Crippen molar-refractivity contribution in [1.29, 1.82) is 0 Å². The van der Waals surface area contributed by atoms with E-state index in [0.29, 0.717) is 0 Å². The topological polar surface area (TPSA) is 83.6 Å². The summed E-state index contributed by atoms with van der Waals surface area (Å²) >= 11 is 1.71. The molecule has 7 heteroatoms. The Labute approximate surface area is 591 Å². The number of thiophene rings is 1. The van der Waals surface area contributed by atoms with Gasteiger partial charge in [0.15, 0.2) is 0 Å². The first-order valence-electron chi connectivity index (χ1n) is 36.3. The van der Waals surface area contributed by atoms with Gasteiger partial charge in [0.25, 0.3) is 0 Å². The van der Waals surface area contributed by atoms with Crippen LogP contribution in [0, 0.1) is 0 Å². The van der Waals surface area contributed by atoms with E-state index in [9.17, 15) is 0 Å². The van der Waals surface area contributed by atoms with Gasteiger partial charge in [-0.25, -0.2) is 0 Å². The summed E-state index contributed by atoms with van der Waals surface area (Å²) in [5.74, 6) is 0. The Hall–Kier alpha value is -8.26. The molecule has 13 rings (SSSR count). The van der Waals surface area contributed by atoms with E-state index < -0.39 is 0 Å². The first-order chi connectivity index (χ1) is 47.3. The maximum absolute atomic E-state index is 5.12. The number of aromatic nitrogens is 4. The maximum Gasteiger partial charge on any atom is 0.133 e. The standard InChI is InChI=1S/C10H8.C9H7N.C8H7N.C8H6O.C7H6N2.C6H6.C4H4O.C4H4S.16C2H6/c1-2-6-10-8-4-3-7-9(10)5-1;1-2-6-9-8(4-1)5-3-7-10-9;2*1-2-4-8-7(3-1)5-6-9-8;1-2-4-7-6(3-1)5-8-9-7;1-2-4-6-5-3-1;2*1-2-4-5-3-1;16*1-2/h1-8H;1-7H;1-6,9H;1-6H;1-5H,(H,8,9);1-6H;2*1-4H;16*1-2H3. The van der Waals surface area contributed by atoms with E-state index in [1.807, 2.05) is 403 Å². The van der Waals surface area contributed by atoms with Crippen LogP contribution in [0.15, 0.2) is 287 Å². The Balaban J connectivity index is -0.0000000894. The van der Waals surface area contributed by atoms with Gasteiger partial charge in [0.2, 0.25) is 0 Å². The molecule has 95 heavy (non-hydrogen) atoms. The molecule has 0 atom stereocenters. The van der Waals surface area contributed by atoms with Gasteiger partial charge in [0.1, 0.15) is 5.58 Å². The van der Waals surface area contributed by atoms with Crippen molar-refractivity contribution in [1.82, 2.24) is 20.2 Å². The highest BCUT2D eigenvalue weighted by atomic mass is 32.1. The molecule has 0 saturated carbocycles. The van der Waals surface area contributed by atoms with E-state index in [4.69, 9.17) is 4.42 Å². The molecular weight excluding hydrogens is 1180 g/mol. The van der Waals surface area contributed by atoms with Crippen LogP contribution in [-0.4, -0.2) is 20.2 Å². The molecule has 0 aliphatic rings. The third-order valence-corrected chi connectivity index (χ3v) is 9.49. The SMILES string of the molecule is CC.CC.CC.CC.CC.CC.CC.CC.CC.CC.CC.CC.CC.CC.CC.CC.c1ccc2[nH]ccc2c1.c1ccc2[nH]ncc2c1.c1ccc2ccccc2c1.c1ccc2ncccc2c1.c1ccc2occc2c1.c1ccccc1.c1ccoc1.c1ccsc1. The second-order valence-electron chi connectivity index (χ2n) is 13.3. The molecule has 7 aromatic carbocycles. The third kappa shape index (κ3) is 67.0. The quantitative estimate of drug-likeness (QED) is 0.158. The van der Waals surface area contributed by atoms with E-state index in [2.05, 4.69) is 103 Å². The lowest BCUT2D eigenvalue weighted by molar-refractivity contribution is 0.567. The number of hydrogen-bond acceptors (Lipinski definition) is 5. The van der Waals surface area contributed by atoms with Crippen molar-refractivity contribution in [3.8, 4) is 0 Å². The molecule has 0 radical (unpaired) electrons. The number of benzene rings is 7. The van der Waals surface area contributed by atoms with Crippen LogP contribution in [0.1, 0.15) is 222 Å². The molecule has 6 heterocycles. The molecular formula is C88H144N4O2S. The lowest BCUT2D eigenvalue weighted by Gasteiger charge is -1.92. The van der Waals surface area contributed by atoms with Gasteiger partial charge in [-0.15, -0.1) is 0 Å². The lowest BCUT2D eigenvalue weighted by atomic mass is 10.1. The second kappa shape index (κ2) is 110. The van der Waals surface area contributed by atoms with Crippen LogP contribution in [0.3, 0.4) is 0 Å². The molecule has 0 saturated heterocycles. The summed E-state index contributed by atoms with van der Waals surface area (Å²) in [5, 5.41) is 18.3. The summed E-state index contributed by atoms with van der Waals surface area (Å²) < 4.78 is 9.70. The number of fused-ring (bicyclic) bond motifs is 5. The Morgan fingerprint density at radius 2 is 0.621 bits per heavy atom. The predicted octanol–water partition coefficient (Wildman–Crippen LogP) is 32.4. The summed E-state index contributed by atoms with van der Waals surface area (Å²) in [6.45, 7) is 64.0. The van der Waals surface area contributed by atoms with Crippen LogP contribution < -0.4 is 0 Å². The number of aromatic amines is 2. The van der Waals surface area contributed by atoms with E-state index in [-0.39, 0.29) is 0 Å². The molecule has 6 aromatic heterocycles. The van der Waals surface area contributed by atoms with Crippen LogP contribution >= 0.6 is 11.3 Å². The van der Waals surface area contributed by atoms with Gasteiger partial charge < -0.3 is 13.8 Å². The smallest absolute Gasteiger partial charge is 0.133 e. The summed E-state index contributed by atoms with van der Waals surface area (Å²) in [7, 11) is 0. The van der Waals surface area contributed by atoms with Crippen LogP contribution in [0.5, 0.6) is 0 Å². The van der Waals surface area contributed by atoms with Gasteiger partial charge in [-0.3, -0.25) is 10.1 Å². The Kier molecular flexibility index (Phi) is 129. The number of hydrogen-bond donors (Lipinski definition) is 2. The number of nitrogens with one attached hydrogen (secondary N) is 2. The first-order valence-corrected chi connectivity index (χ1v) is 37.3. The van der Waals surface area contributed by atoms with Crippen molar-refractivity contribution in [3.63, 3.8) is 0 Å². The van der Waals surface area contributed by atoms with Gasteiger partial charge in [-0.1, -0.05) is 397 Å². The molecule has 534 valence electrons. The van der Waals surface area contributed by atoms with Crippen molar-refractivity contribution in [2.45, 2.75) is 222 Å². The van der Waals surface area contributed by atoms with Crippen molar-refractivity contribution in [2.75, 3.05) is 0 Å². The molecule has 0 unspecified atom stereocenters. The molecule has 0 aliphatic heterocycles. The van der Waals surface area contributed by atoms with Crippen molar-refractivity contribution in [2.24, 2.45) is 0 Å². The Morgan fingerprint density at radius 1 is 0.274 bits per heavy atom. The fourth-order valence-electron chi connectivity index (χ4n) is 5.77. The van der Waals surface area contributed by atoms with Crippen LogP contribution in [0.4, 0.5) is 0 Å². The summed E-state index contributed by atoms with van der Waals surface area (Å²) in [5.41, 5.74) is 4.32. The predicted molar refractivity (Wildman–Crippen MR) is 447 cm³/mol. The highest BCUT2D eigenvalue weighted by Crippen LogP contribution is 2.14. The maximum atomic E-state index is 5.12. The molecule has 0 amide bonds. The molecule has 0 spiro atoms. The highest BCUT2D eigenvalue weighted by molar-refractivity contribution is 7.07. The number of para-hydroxylation sites is 4. The normalized spacial score (nSPS) is 7.37. The lowest BCUT2D eigenvalue weighted by Crippen LogP contribution is -1.73. The van der Waals surface area contributed by atoms with E-state index in [1.54, 1.807) is 30.1 Å². The number of H-pyrrole nitrogens is 2. The second-order valence-corrected chi connectivity index (χ2v) is 14.1. The Bertz CT molecular complexity index is 2570. The summed E-state index contributed by atoms with van der Waals surface area (Å²) in [4.78, 5) is 7.30. The fourth-order valence-corrected chi connectivity index (χ4v) is 6.23. The zero-order valence-corrected chi connectivity index (χ0v) is 67.5. The largest absolute Gasteiger partial charge is 0.473 e. The van der Waals surface area contributed by atoms with Crippen molar-refractivity contribution >= 4 is 65.8 Å². The monoisotopic (exact) mass is 1320 g/mol. The average Bonchev–Trinajstić information content (AvgIpc) is 2.12. The Morgan fingerprint density at radius 3 is 0.979 bits per heavy atom. The van der Waals surface area contributed by atoms with Crippen molar-refractivity contribution < 1.29 is 8.83 Å². The zero-order valence-electron chi connectivity index (χ0n) is 66.7. The summed E-state index contributed by atoms with van der Waals surface area (Å²) in [6, 6.07) is 76.7.